The van der Waals surface area contributed by atoms with Gasteiger partial charge in [-0.15, -0.1) is 0 Å². The summed E-state index contributed by atoms with van der Waals surface area (Å²) in [6.07, 6.45) is 0.534. The predicted molar refractivity (Wildman–Crippen MR) is 65.4 cm³/mol. The summed E-state index contributed by atoms with van der Waals surface area (Å²) in [6, 6.07) is 5.33. The van der Waals surface area contributed by atoms with Gasteiger partial charge in [0, 0.05) is 6.92 Å². The van der Waals surface area contributed by atoms with E-state index in [9.17, 15) is 0 Å². The van der Waals surface area contributed by atoms with Gasteiger partial charge in [-0.3, -0.25) is 0 Å². The lowest BCUT2D eigenvalue weighted by atomic mass is 9.96. The van der Waals surface area contributed by atoms with Gasteiger partial charge in [-0.1, -0.05) is 6.92 Å². The molecule has 0 fully saturated rings. The zero-order valence-corrected chi connectivity index (χ0v) is 11.0. The van der Waals surface area contributed by atoms with E-state index in [0.29, 0.717) is 6.42 Å². The van der Waals surface area contributed by atoms with Gasteiger partial charge in [0.2, 0.25) is 11.7 Å². The lowest BCUT2D eigenvalue weighted by molar-refractivity contribution is -0.190. The number of nitrogens with two attached hydrogens (primary N) is 1. The van der Waals surface area contributed by atoms with Gasteiger partial charge in [0.1, 0.15) is 29.4 Å². The second kappa shape index (κ2) is 5.44. The molecule has 6 nitrogen and oxygen atoms in total. The highest BCUT2D eigenvalue weighted by atomic mass is 16.7. The minimum Gasteiger partial charge on any atom is -0.442 e. The summed E-state index contributed by atoms with van der Waals surface area (Å²) in [5.74, 6) is -1.52. The summed E-state index contributed by atoms with van der Waals surface area (Å²) in [7, 11) is 0. The number of hydrogen-bond acceptors (Lipinski definition) is 6. The van der Waals surface area contributed by atoms with E-state index in [1.54, 1.807) is 19.1 Å². The molecule has 1 heterocycles. The van der Waals surface area contributed by atoms with Gasteiger partial charge in [0.15, 0.2) is 0 Å². The number of rotatable bonds is 3. The third kappa shape index (κ3) is 2.52. The molecular formula is C13H14N4O2. The van der Waals surface area contributed by atoms with E-state index in [-0.39, 0.29) is 28.7 Å². The lowest BCUT2D eigenvalue weighted by Crippen LogP contribution is -2.35. The molecule has 2 atom stereocenters. The number of hydrogen-bond donors (Lipinski definition) is 1. The van der Waals surface area contributed by atoms with Crippen LogP contribution in [0.3, 0.4) is 0 Å². The summed E-state index contributed by atoms with van der Waals surface area (Å²) in [5, 5.41) is 27.1. The third-order valence-electron chi connectivity index (χ3n) is 2.84. The topological polar surface area (TPSA) is 116 Å². The van der Waals surface area contributed by atoms with Crippen LogP contribution in [0.1, 0.15) is 27.2 Å². The normalized spacial score (nSPS) is 23.1. The molecule has 0 spiro atoms. The molecule has 0 unspecified atom stereocenters. The van der Waals surface area contributed by atoms with Crippen LogP contribution in [0.25, 0.3) is 0 Å². The first-order valence-electron chi connectivity index (χ1n) is 5.75. The highest BCUT2D eigenvalue weighted by molar-refractivity contribution is 5.59. The van der Waals surface area contributed by atoms with E-state index in [4.69, 9.17) is 31.0 Å². The van der Waals surface area contributed by atoms with Crippen LogP contribution in [-0.4, -0.2) is 11.9 Å². The standard InChI is InChI=1S/C13H14N4O2/c1-4-8(2)18-13(3)11(9(5-14)6-15)10(7-16)12(17)19-13/h8H,4,17H2,1-3H3/t8-,13+/m0/s1. The van der Waals surface area contributed by atoms with Crippen LogP contribution >= 0.6 is 0 Å². The van der Waals surface area contributed by atoms with Crippen LogP contribution in [0.5, 0.6) is 0 Å². The summed E-state index contributed by atoms with van der Waals surface area (Å²) < 4.78 is 11.1. The maximum absolute atomic E-state index is 9.09. The Hall–Kier alpha value is -2.49. The molecule has 2 N–H and O–H groups in total. The van der Waals surface area contributed by atoms with Gasteiger partial charge in [0.25, 0.3) is 0 Å². The number of nitriles is 3. The molecular weight excluding hydrogens is 244 g/mol. The van der Waals surface area contributed by atoms with Crippen molar-refractivity contribution in [1.29, 1.82) is 15.8 Å². The van der Waals surface area contributed by atoms with Crippen LogP contribution in [-0.2, 0) is 9.47 Å². The second-order valence-electron chi connectivity index (χ2n) is 4.21. The van der Waals surface area contributed by atoms with E-state index in [0.717, 1.165) is 0 Å². The minimum atomic E-state index is -1.38. The first kappa shape index (κ1) is 14.6. The number of ether oxygens (including phenoxy) is 2. The van der Waals surface area contributed by atoms with E-state index in [1.807, 2.05) is 19.9 Å². The quantitative estimate of drug-likeness (QED) is 0.768. The molecule has 1 aliphatic heterocycles. The maximum Gasteiger partial charge on any atom is 0.240 e. The summed E-state index contributed by atoms with van der Waals surface area (Å²) in [5.41, 5.74) is 5.46. The molecule has 0 saturated heterocycles. The average Bonchev–Trinajstić information content (AvgIpc) is 2.62. The second-order valence-corrected chi connectivity index (χ2v) is 4.21. The summed E-state index contributed by atoms with van der Waals surface area (Å²) >= 11 is 0. The Balaban J connectivity index is 3.40. The van der Waals surface area contributed by atoms with E-state index >= 15 is 0 Å². The zero-order chi connectivity index (χ0) is 14.6. The largest absolute Gasteiger partial charge is 0.442 e. The molecule has 0 amide bonds. The highest BCUT2D eigenvalue weighted by Gasteiger charge is 2.46. The predicted octanol–water partition coefficient (Wildman–Crippen LogP) is 1.59. The van der Waals surface area contributed by atoms with Crippen molar-refractivity contribution in [2.45, 2.75) is 39.1 Å². The smallest absolute Gasteiger partial charge is 0.240 e. The van der Waals surface area contributed by atoms with Crippen molar-refractivity contribution < 1.29 is 9.47 Å². The summed E-state index contributed by atoms with van der Waals surface area (Å²) in [4.78, 5) is 0. The Morgan fingerprint density at radius 2 is 2.00 bits per heavy atom. The monoisotopic (exact) mass is 258 g/mol. The van der Waals surface area contributed by atoms with Crippen LogP contribution in [0.2, 0.25) is 0 Å². The minimum absolute atomic E-state index is 0.0242. The SMILES string of the molecule is CC[C@H](C)O[C@]1(C)OC(N)=C(C#N)C1=C(C#N)C#N. The molecule has 0 aliphatic carbocycles. The molecule has 0 aromatic heterocycles. The first-order chi connectivity index (χ1) is 8.93. The molecule has 98 valence electrons. The van der Waals surface area contributed by atoms with Crippen molar-refractivity contribution in [3.8, 4) is 18.2 Å². The number of nitrogens with zero attached hydrogens (tertiary/aromatic N) is 3. The zero-order valence-electron chi connectivity index (χ0n) is 11.0. The fourth-order valence-electron chi connectivity index (χ4n) is 1.81. The van der Waals surface area contributed by atoms with Gasteiger partial charge in [-0.2, -0.15) is 15.8 Å². The lowest BCUT2D eigenvalue weighted by Gasteiger charge is -2.29. The molecule has 0 bridgehead atoms. The molecule has 0 radical (unpaired) electrons. The first-order valence-corrected chi connectivity index (χ1v) is 5.75. The van der Waals surface area contributed by atoms with Crippen molar-refractivity contribution in [2.75, 3.05) is 0 Å². The third-order valence-corrected chi connectivity index (χ3v) is 2.84. The van der Waals surface area contributed by atoms with Crippen molar-refractivity contribution in [3.63, 3.8) is 0 Å². The van der Waals surface area contributed by atoms with Gasteiger partial charge in [-0.05, 0) is 13.3 Å². The molecule has 0 saturated carbocycles. The van der Waals surface area contributed by atoms with Crippen LogP contribution < -0.4 is 5.73 Å². The Morgan fingerprint density at radius 1 is 1.42 bits per heavy atom. The van der Waals surface area contributed by atoms with Crippen molar-refractivity contribution >= 4 is 0 Å². The van der Waals surface area contributed by atoms with Crippen molar-refractivity contribution in [1.82, 2.24) is 0 Å². The highest BCUT2D eigenvalue weighted by Crippen LogP contribution is 2.40. The van der Waals surface area contributed by atoms with Gasteiger partial charge in [0.05, 0.1) is 11.7 Å². The van der Waals surface area contributed by atoms with Gasteiger partial charge >= 0.3 is 0 Å². The van der Waals surface area contributed by atoms with Gasteiger partial charge in [-0.25, -0.2) is 0 Å². The summed E-state index contributed by atoms with van der Waals surface area (Å²) in [6.45, 7) is 5.29. The Labute approximate surface area is 111 Å². The molecule has 19 heavy (non-hydrogen) atoms. The average molecular weight is 258 g/mol. The van der Waals surface area contributed by atoms with E-state index in [2.05, 4.69) is 0 Å². The van der Waals surface area contributed by atoms with E-state index < -0.39 is 5.79 Å². The fraction of sp³-hybridized carbons (Fsp3) is 0.462. The molecule has 6 heteroatoms. The Morgan fingerprint density at radius 3 is 2.42 bits per heavy atom. The van der Waals surface area contributed by atoms with Crippen LogP contribution in [0.15, 0.2) is 22.6 Å². The molecule has 1 rings (SSSR count). The number of allylic oxidation sites excluding steroid dienone is 1. The van der Waals surface area contributed by atoms with Crippen molar-refractivity contribution in [2.24, 2.45) is 5.73 Å². The molecule has 0 aromatic carbocycles. The maximum atomic E-state index is 9.09. The van der Waals surface area contributed by atoms with Gasteiger partial charge < -0.3 is 15.2 Å². The Bertz CT molecular complexity index is 555. The molecule has 1 aliphatic rings. The fourth-order valence-corrected chi connectivity index (χ4v) is 1.81. The van der Waals surface area contributed by atoms with Crippen LogP contribution in [0, 0.1) is 34.0 Å². The van der Waals surface area contributed by atoms with Crippen molar-refractivity contribution in [3.05, 3.63) is 22.6 Å². The molecule has 0 aromatic rings. The van der Waals surface area contributed by atoms with E-state index in [1.165, 1.54) is 0 Å². The van der Waals surface area contributed by atoms with Crippen LogP contribution in [0.4, 0.5) is 0 Å². The Kier molecular flexibility index (Phi) is 4.17.